The van der Waals surface area contributed by atoms with Crippen molar-refractivity contribution in [2.75, 3.05) is 18.0 Å². The van der Waals surface area contributed by atoms with Crippen LogP contribution in [0.2, 0.25) is 0 Å². The van der Waals surface area contributed by atoms with Gasteiger partial charge in [-0.05, 0) is 18.6 Å². The number of alkyl halides is 2. The number of carbonyl (C=O) groups excluding carboxylic acids is 1. The largest absolute Gasteiger partial charge is 0.365 e. The van der Waals surface area contributed by atoms with Crippen LogP contribution in [0.1, 0.15) is 28.8 Å². The highest BCUT2D eigenvalue weighted by Gasteiger charge is 2.35. The summed E-state index contributed by atoms with van der Waals surface area (Å²) in [5.74, 6) is -2.80. The molecule has 1 saturated heterocycles. The Labute approximate surface area is 104 Å². The first kappa shape index (κ1) is 12.7. The number of amides is 1. The van der Waals surface area contributed by atoms with Gasteiger partial charge in [0.05, 0.1) is 5.56 Å². The van der Waals surface area contributed by atoms with Gasteiger partial charge >= 0.3 is 0 Å². The lowest BCUT2D eigenvalue weighted by Gasteiger charge is -2.33. The Morgan fingerprint density at radius 1 is 1.44 bits per heavy atom. The fourth-order valence-corrected chi connectivity index (χ4v) is 2.04. The van der Waals surface area contributed by atoms with Gasteiger partial charge in [0.15, 0.2) is 0 Å². The van der Waals surface area contributed by atoms with Crippen molar-refractivity contribution in [1.82, 2.24) is 4.98 Å². The Morgan fingerprint density at radius 2 is 2.06 bits per heavy atom. The summed E-state index contributed by atoms with van der Waals surface area (Å²) >= 11 is 0. The van der Waals surface area contributed by atoms with Gasteiger partial charge in [-0.2, -0.15) is 0 Å². The molecule has 0 spiro atoms. The van der Waals surface area contributed by atoms with E-state index in [9.17, 15) is 13.6 Å². The second-order valence-electron chi connectivity index (χ2n) is 4.59. The number of hydrogen-bond acceptors (Lipinski definition) is 3. The van der Waals surface area contributed by atoms with Crippen LogP contribution in [0.5, 0.6) is 0 Å². The number of hydrogen-bond donors (Lipinski definition) is 1. The fraction of sp³-hybridized carbons (Fsp3) is 0.500. The third kappa shape index (κ3) is 2.57. The molecule has 0 atom stereocenters. The smallest absolute Gasteiger partial charge is 0.252 e. The number of rotatable bonds is 2. The minimum Gasteiger partial charge on any atom is -0.365 e. The van der Waals surface area contributed by atoms with E-state index in [1.54, 1.807) is 24.1 Å². The molecule has 0 aliphatic carbocycles. The second-order valence-corrected chi connectivity index (χ2v) is 4.59. The summed E-state index contributed by atoms with van der Waals surface area (Å²) in [5.41, 5.74) is 6.40. The van der Waals surface area contributed by atoms with Crippen LogP contribution in [-0.2, 0) is 0 Å². The number of pyridine rings is 1. The molecule has 1 aliphatic heterocycles. The maximum atomic E-state index is 13.1. The van der Waals surface area contributed by atoms with E-state index < -0.39 is 11.8 Å². The van der Waals surface area contributed by atoms with E-state index in [1.807, 2.05) is 0 Å². The van der Waals surface area contributed by atoms with E-state index in [-0.39, 0.29) is 25.9 Å². The summed E-state index contributed by atoms with van der Waals surface area (Å²) < 4.78 is 26.2. The maximum absolute atomic E-state index is 13.1. The molecule has 2 heterocycles. The van der Waals surface area contributed by atoms with Crippen LogP contribution in [0.4, 0.5) is 14.6 Å². The van der Waals surface area contributed by atoms with Gasteiger partial charge in [0, 0.05) is 32.1 Å². The molecule has 0 saturated carbocycles. The van der Waals surface area contributed by atoms with E-state index >= 15 is 0 Å². The summed E-state index contributed by atoms with van der Waals surface area (Å²) in [7, 11) is 0. The minimum atomic E-state index is -2.62. The summed E-state index contributed by atoms with van der Waals surface area (Å²) in [6.45, 7) is 2.17. The normalized spacial score (nSPS) is 18.7. The highest BCUT2D eigenvalue weighted by atomic mass is 19.3. The average Bonchev–Trinajstić information content (AvgIpc) is 2.29. The molecule has 1 aliphatic rings. The third-order valence-corrected chi connectivity index (χ3v) is 3.06. The van der Waals surface area contributed by atoms with Crippen LogP contribution in [-0.4, -0.2) is 29.9 Å². The van der Waals surface area contributed by atoms with Crippen molar-refractivity contribution in [3.8, 4) is 0 Å². The molecule has 0 bridgehead atoms. The molecule has 0 unspecified atom stereocenters. The zero-order valence-electron chi connectivity index (χ0n) is 10.1. The number of halogens is 2. The lowest BCUT2D eigenvalue weighted by molar-refractivity contribution is -0.0221. The lowest BCUT2D eigenvalue weighted by atomic mass is 10.1. The van der Waals surface area contributed by atoms with Gasteiger partial charge in [-0.15, -0.1) is 0 Å². The first-order valence-corrected chi connectivity index (χ1v) is 5.78. The van der Waals surface area contributed by atoms with Gasteiger partial charge in [0.2, 0.25) is 0 Å². The van der Waals surface area contributed by atoms with Gasteiger partial charge in [-0.3, -0.25) is 4.79 Å². The molecule has 0 aromatic carbocycles. The summed E-state index contributed by atoms with van der Waals surface area (Å²) in [5, 5.41) is 0. The van der Waals surface area contributed by atoms with Crippen molar-refractivity contribution in [1.29, 1.82) is 0 Å². The van der Waals surface area contributed by atoms with Crippen molar-refractivity contribution in [3.05, 3.63) is 23.4 Å². The fourth-order valence-electron chi connectivity index (χ4n) is 2.04. The van der Waals surface area contributed by atoms with Crippen LogP contribution in [0.15, 0.2) is 12.3 Å². The van der Waals surface area contributed by atoms with E-state index in [0.29, 0.717) is 11.4 Å². The van der Waals surface area contributed by atoms with Crippen LogP contribution in [0.3, 0.4) is 0 Å². The summed E-state index contributed by atoms with van der Waals surface area (Å²) in [6, 6.07) is 1.64. The van der Waals surface area contributed by atoms with Crippen LogP contribution in [0, 0.1) is 6.92 Å². The number of nitrogens with zero attached hydrogens (tertiary/aromatic N) is 2. The molecule has 18 heavy (non-hydrogen) atoms. The molecule has 98 valence electrons. The van der Waals surface area contributed by atoms with Crippen LogP contribution < -0.4 is 10.6 Å². The van der Waals surface area contributed by atoms with Gasteiger partial charge in [0.25, 0.3) is 11.8 Å². The Morgan fingerprint density at radius 3 is 2.61 bits per heavy atom. The number of primary amides is 1. The van der Waals surface area contributed by atoms with Crippen molar-refractivity contribution >= 4 is 11.7 Å². The molecule has 2 N–H and O–H groups in total. The highest BCUT2D eigenvalue weighted by molar-refractivity contribution is 5.97. The molecule has 0 radical (unpaired) electrons. The molecule has 1 amide bonds. The Hall–Kier alpha value is -1.72. The topological polar surface area (TPSA) is 59.2 Å². The van der Waals surface area contributed by atoms with Gasteiger partial charge < -0.3 is 10.6 Å². The van der Waals surface area contributed by atoms with E-state index in [4.69, 9.17) is 5.73 Å². The minimum absolute atomic E-state index is 0.184. The van der Waals surface area contributed by atoms with Crippen molar-refractivity contribution in [3.63, 3.8) is 0 Å². The molecule has 6 heteroatoms. The first-order chi connectivity index (χ1) is 8.39. The predicted octanol–water partition coefficient (Wildman–Crippen LogP) is 1.72. The molecule has 2 rings (SSSR count). The van der Waals surface area contributed by atoms with Crippen LogP contribution >= 0.6 is 0 Å². The molecule has 1 aromatic rings. The van der Waals surface area contributed by atoms with Crippen molar-refractivity contribution in [2.45, 2.75) is 25.7 Å². The van der Waals surface area contributed by atoms with Crippen molar-refractivity contribution in [2.24, 2.45) is 5.73 Å². The van der Waals surface area contributed by atoms with E-state index in [1.165, 1.54) is 0 Å². The number of anilines is 1. The maximum Gasteiger partial charge on any atom is 0.252 e. The molecular weight excluding hydrogens is 240 g/mol. The van der Waals surface area contributed by atoms with Gasteiger partial charge in [-0.1, -0.05) is 0 Å². The number of carbonyl (C=O) groups is 1. The zero-order chi connectivity index (χ0) is 13.3. The van der Waals surface area contributed by atoms with E-state index in [2.05, 4.69) is 4.98 Å². The first-order valence-electron chi connectivity index (χ1n) is 5.78. The number of nitrogens with two attached hydrogens (primary N) is 1. The highest BCUT2D eigenvalue weighted by Crippen LogP contribution is 2.31. The molecule has 4 nitrogen and oxygen atoms in total. The van der Waals surface area contributed by atoms with Gasteiger partial charge in [-0.25, -0.2) is 13.8 Å². The summed E-state index contributed by atoms with van der Waals surface area (Å²) in [4.78, 5) is 17.2. The average molecular weight is 255 g/mol. The molecular formula is C12H15F2N3O. The van der Waals surface area contributed by atoms with Gasteiger partial charge in [0.1, 0.15) is 5.82 Å². The van der Waals surface area contributed by atoms with Crippen molar-refractivity contribution < 1.29 is 13.6 Å². The SMILES string of the molecule is Cc1cnc(N2CCC(F)(F)CC2)c(C(N)=O)c1. The van der Waals surface area contributed by atoms with E-state index in [0.717, 1.165) is 5.56 Å². The van der Waals surface area contributed by atoms with Crippen LogP contribution in [0.25, 0.3) is 0 Å². The second kappa shape index (κ2) is 4.51. The number of aromatic nitrogens is 1. The molecule has 1 aromatic heterocycles. The standard InChI is InChI=1S/C12H15F2N3O/c1-8-6-9(10(15)18)11(16-7-8)17-4-2-12(13,14)3-5-17/h6-7H,2-5H2,1H3,(H2,15,18). The summed E-state index contributed by atoms with van der Waals surface area (Å²) in [6.07, 6.45) is 1.16. The number of piperidine rings is 1. The Balaban J connectivity index is 2.26. The Bertz CT molecular complexity index is 466. The molecule has 1 fully saturated rings. The number of aryl methyl sites for hydroxylation is 1. The quantitative estimate of drug-likeness (QED) is 0.875. The monoisotopic (exact) mass is 255 g/mol. The Kier molecular flexibility index (Phi) is 3.19. The zero-order valence-corrected chi connectivity index (χ0v) is 10.1. The third-order valence-electron chi connectivity index (χ3n) is 3.06. The lowest BCUT2D eigenvalue weighted by Crippen LogP contribution is -2.40. The predicted molar refractivity (Wildman–Crippen MR) is 63.9 cm³/mol.